The normalized spacial score (nSPS) is 14.6. The Bertz CT molecular complexity index is 676. The van der Waals surface area contributed by atoms with Gasteiger partial charge >= 0.3 is 0 Å². The van der Waals surface area contributed by atoms with Gasteiger partial charge in [-0.05, 0) is 66.2 Å². The lowest BCUT2D eigenvalue weighted by molar-refractivity contribution is 0.218. The highest BCUT2D eigenvalue weighted by Gasteiger charge is 2.36. The van der Waals surface area contributed by atoms with Crippen LogP contribution in [0.4, 0.5) is 0 Å². The van der Waals surface area contributed by atoms with Crippen LogP contribution in [0, 0.1) is 11.8 Å². The molecule has 0 aliphatic carbocycles. The molecule has 0 aromatic heterocycles. The van der Waals surface area contributed by atoms with Crippen LogP contribution in [0.2, 0.25) is 0 Å². The Labute approximate surface area is 173 Å². The number of rotatable bonds is 12. The molecule has 2 aromatic carbocycles. The maximum absolute atomic E-state index is 5.37. The molecule has 0 N–H and O–H groups in total. The molecular weight excluding hydrogens is 340 g/mol. The lowest BCUT2D eigenvalue weighted by Gasteiger charge is -2.41. The third-order valence-corrected chi connectivity index (χ3v) is 6.54. The largest absolute Gasteiger partial charge is 0.497 e. The minimum Gasteiger partial charge on any atom is -0.497 e. The Balaban J connectivity index is 2.11. The molecule has 1 heteroatoms. The summed E-state index contributed by atoms with van der Waals surface area (Å²) >= 11 is 0. The first-order valence-electron chi connectivity index (χ1n) is 11.2. The zero-order valence-electron chi connectivity index (χ0n) is 18.7. The van der Waals surface area contributed by atoms with Crippen molar-refractivity contribution in [3.63, 3.8) is 0 Å². The first kappa shape index (κ1) is 22.5. The van der Waals surface area contributed by atoms with E-state index >= 15 is 0 Å². The van der Waals surface area contributed by atoms with E-state index in [9.17, 15) is 0 Å². The fourth-order valence-corrected chi connectivity index (χ4v) is 4.50. The van der Waals surface area contributed by atoms with Crippen molar-refractivity contribution in [3.05, 3.63) is 65.7 Å². The summed E-state index contributed by atoms with van der Waals surface area (Å²) in [6.45, 7) is 9.54. The Morgan fingerprint density at radius 1 is 0.893 bits per heavy atom. The predicted molar refractivity (Wildman–Crippen MR) is 122 cm³/mol. The first-order valence-corrected chi connectivity index (χ1v) is 11.2. The fraction of sp³-hybridized carbons (Fsp3) is 0.556. The maximum Gasteiger partial charge on any atom is 0.119 e. The van der Waals surface area contributed by atoms with E-state index in [1.807, 2.05) is 6.07 Å². The van der Waals surface area contributed by atoms with Crippen molar-refractivity contribution < 1.29 is 4.74 Å². The average Bonchev–Trinajstić information content (AvgIpc) is 2.73. The van der Waals surface area contributed by atoms with Gasteiger partial charge < -0.3 is 4.74 Å². The van der Waals surface area contributed by atoms with Gasteiger partial charge in [-0.25, -0.2) is 0 Å². The van der Waals surface area contributed by atoms with Gasteiger partial charge in [0.2, 0.25) is 0 Å². The van der Waals surface area contributed by atoms with Gasteiger partial charge in [0.05, 0.1) is 7.11 Å². The van der Waals surface area contributed by atoms with Crippen molar-refractivity contribution in [2.45, 2.75) is 78.1 Å². The van der Waals surface area contributed by atoms with Gasteiger partial charge in [0, 0.05) is 0 Å². The zero-order chi connectivity index (χ0) is 20.4. The fourth-order valence-electron chi connectivity index (χ4n) is 4.50. The Kier molecular flexibility index (Phi) is 9.09. The van der Waals surface area contributed by atoms with Crippen LogP contribution in [0.5, 0.6) is 5.75 Å². The number of hydrogen-bond donors (Lipinski definition) is 0. The number of aryl methyl sites for hydroxylation is 1. The van der Waals surface area contributed by atoms with E-state index in [0.717, 1.165) is 18.1 Å². The van der Waals surface area contributed by atoms with Gasteiger partial charge in [-0.3, -0.25) is 0 Å². The van der Waals surface area contributed by atoms with Gasteiger partial charge in [-0.2, -0.15) is 0 Å². The predicted octanol–water partition coefficient (Wildman–Crippen LogP) is 7.83. The van der Waals surface area contributed by atoms with E-state index in [4.69, 9.17) is 4.74 Å². The molecule has 0 aliphatic heterocycles. The second kappa shape index (κ2) is 11.3. The van der Waals surface area contributed by atoms with Crippen LogP contribution in [-0.4, -0.2) is 7.11 Å². The van der Waals surface area contributed by atoms with Gasteiger partial charge in [-0.15, -0.1) is 0 Å². The molecule has 2 unspecified atom stereocenters. The third kappa shape index (κ3) is 6.12. The van der Waals surface area contributed by atoms with Gasteiger partial charge in [0.15, 0.2) is 0 Å². The van der Waals surface area contributed by atoms with E-state index in [1.165, 1.54) is 44.1 Å². The molecule has 0 heterocycles. The lowest BCUT2D eigenvalue weighted by Crippen LogP contribution is -2.34. The Morgan fingerprint density at radius 2 is 1.64 bits per heavy atom. The summed E-state index contributed by atoms with van der Waals surface area (Å²) in [6, 6.07) is 19.9. The number of unbranched alkanes of at least 4 members (excludes halogenated alkanes) is 1. The number of benzene rings is 2. The molecule has 0 fully saturated rings. The van der Waals surface area contributed by atoms with Crippen molar-refractivity contribution >= 4 is 0 Å². The number of ether oxygens (including phenoxy) is 1. The molecule has 0 spiro atoms. The van der Waals surface area contributed by atoms with Crippen LogP contribution < -0.4 is 4.74 Å². The Hall–Kier alpha value is -1.76. The van der Waals surface area contributed by atoms with Crippen LogP contribution in [0.15, 0.2) is 54.6 Å². The molecule has 0 saturated carbocycles. The molecule has 0 saturated heterocycles. The third-order valence-electron chi connectivity index (χ3n) is 6.54. The molecule has 2 rings (SSSR count). The summed E-state index contributed by atoms with van der Waals surface area (Å²) in [5.74, 6) is 2.42. The Morgan fingerprint density at radius 3 is 2.29 bits per heavy atom. The lowest BCUT2D eigenvalue weighted by atomic mass is 9.63. The van der Waals surface area contributed by atoms with Crippen LogP contribution >= 0.6 is 0 Å². The van der Waals surface area contributed by atoms with E-state index in [-0.39, 0.29) is 0 Å². The topological polar surface area (TPSA) is 9.23 Å². The molecule has 0 amide bonds. The second-order valence-electron chi connectivity index (χ2n) is 8.82. The van der Waals surface area contributed by atoms with Gasteiger partial charge in [0.25, 0.3) is 0 Å². The van der Waals surface area contributed by atoms with Crippen LogP contribution in [0.3, 0.4) is 0 Å². The summed E-state index contributed by atoms with van der Waals surface area (Å²) in [6.07, 6.45) is 8.75. The second-order valence-corrected chi connectivity index (χ2v) is 8.82. The summed E-state index contributed by atoms with van der Waals surface area (Å²) in [5, 5.41) is 0. The standard InChI is InChI=1S/C27H40O/c1-6-23(4)27(20-18-22(2)3,25-15-8-7-9-16-25)19-11-10-13-24-14-12-17-26(21-24)28-5/h7-9,12,14-17,21-23H,6,10-11,13,18-20H2,1-5H3. The van der Waals surface area contributed by atoms with Crippen molar-refractivity contribution in [1.82, 2.24) is 0 Å². The first-order chi connectivity index (χ1) is 13.5. The van der Waals surface area contributed by atoms with Crippen molar-refractivity contribution in [1.29, 1.82) is 0 Å². The smallest absolute Gasteiger partial charge is 0.119 e. The van der Waals surface area contributed by atoms with Gasteiger partial charge in [0.1, 0.15) is 5.75 Å². The van der Waals surface area contributed by atoms with E-state index in [2.05, 4.69) is 76.2 Å². The van der Waals surface area contributed by atoms with E-state index in [0.29, 0.717) is 11.3 Å². The summed E-state index contributed by atoms with van der Waals surface area (Å²) < 4.78 is 5.37. The molecule has 0 radical (unpaired) electrons. The van der Waals surface area contributed by atoms with Crippen molar-refractivity contribution in [2.75, 3.05) is 7.11 Å². The zero-order valence-corrected chi connectivity index (χ0v) is 18.7. The van der Waals surface area contributed by atoms with Crippen molar-refractivity contribution in [3.8, 4) is 5.75 Å². The van der Waals surface area contributed by atoms with Crippen LogP contribution in [0.1, 0.15) is 77.3 Å². The van der Waals surface area contributed by atoms with E-state index in [1.54, 1.807) is 12.7 Å². The molecular formula is C27H40O. The minimum absolute atomic E-state index is 0.300. The molecule has 2 aromatic rings. The summed E-state index contributed by atoms with van der Waals surface area (Å²) in [5.41, 5.74) is 3.23. The molecule has 154 valence electrons. The molecule has 0 bridgehead atoms. The highest BCUT2D eigenvalue weighted by molar-refractivity contribution is 5.29. The average molecular weight is 381 g/mol. The maximum atomic E-state index is 5.37. The molecule has 28 heavy (non-hydrogen) atoms. The molecule has 1 nitrogen and oxygen atoms in total. The SMILES string of the molecule is CCC(C)C(CCCCc1cccc(OC)c1)(CCC(C)C)c1ccccc1. The molecule has 0 aliphatic rings. The van der Waals surface area contributed by atoms with Gasteiger partial charge in [-0.1, -0.05) is 89.4 Å². The summed E-state index contributed by atoms with van der Waals surface area (Å²) in [7, 11) is 1.74. The minimum atomic E-state index is 0.300. The van der Waals surface area contributed by atoms with Crippen molar-refractivity contribution in [2.24, 2.45) is 11.8 Å². The van der Waals surface area contributed by atoms with Crippen LogP contribution in [-0.2, 0) is 11.8 Å². The highest BCUT2D eigenvalue weighted by Crippen LogP contribution is 2.43. The monoisotopic (exact) mass is 380 g/mol. The molecule has 2 atom stereocenters. The summed E-state index contributed by atoms with van der Waals surface area (Å²) in [4.78, 5) is 0. The number of methoxy groups -OCH3 is 1. The highest BCUT2D eigenvalue weighted by atomic mass is 16.5. The van der Waals surface area contributed by atoms with E-state index < -0.39 is 0 Å². The number of hydrogen-bond acceptors (Lipinski definition) is 1. The quantitative estimate of drug-likeness (QED) is 0.341. The van der Waals surface area contributed by atoms with Crippen LogP contribution in [0.25, 0.3) is 0 Å².